The number of rotatable bonds is 3. The normalized spacial score (nSPS) is 19.0. The van der Waals surface area contributed by atoms with Gasteiger partial charge in [-0.3, -0.25) is 4.68 Å². The third-order valence-electron chi connectivity index (χ3n) is 7.32. The molecule has 3 aliphatic rings. The van der Waals surface area contributed by atoms with E-state index in [0.717, 1.165) is 56.9 Å². The minimum Gasteiger partial charge on any atom is -0.453 e. The Bertz CT molecular complexity index is 1030. The number of ether oxygens (including phenoxy) is 2. The molecular formula is C25H35N5O3. The van der Waals surface area contributed by atoms with E-state index in [9.17, 15) is 4.79 Å². The van der Waals surface area contributed by atoms with Crippen LogP contribution in [0, 0.1) is 0 Å². The lowest BCUT2D eigenvalue weighted by Gasteiger charge is -2.37. The van der Waals surface area contributed by atoms with E-state index >= 15 is 0 Å². The summed E-state index contributed by atoms with van der Waals surface area (Å²) in [5.41, 5.74) is 6.18. The Morgan fingerprint density at radius 3 is 2.67 bits per heavy atom. The zero-order valence-electron chi connectivity index (χ0n) is 20.2. The molecule has 0 radical (unpaired) electrons. The fourth-order valence-corrected chi connectivity index (χ4v) is 5.31. The number of hydrogen-bond donors (Lipinski definition) is 0. The van der Waals surface area contributed by atoms with E-state index in [1.807, 2.05) is 0 Å². The average Bonchev–Trinajstić information content (AvgIpc) is 3.23. The molecule has 178 valence electrons. The lowest BCUT2D eigenvalue weighted by molar-refractivity contribution is 0.0649. The predicted molar refractivity (Wildman–Crippen MR) is 129 cm³/mol. The minimum atomic E-state index is -0.272. The number of amides is 1. The third kappa shape index (κ3) is 3.94. The van der Waals surface area contributed by atoms with E-state index in [0.29, 0.717) is 25.0 Å². The van der Waals surface area contributed by atoms with E-state index in [-0.39, 0.29) is 6.09 Å². The monoisotopic (exact) mass is 453 g/mol. The van der Waals surface area contributed by atoms with Crippen LogP contribution in [0.2, 0.25) is 0 Å². The zero-order valence-corrected chi connectivity index (χ0v) is 20.2. The molecule has 0 N–H and O–H groups in total. The molecule has 8 heteroatoms. The van der Waals surface area contributed by atoms with E-state index in [4.69, 9.17) is 14.6 Å². The van der Waals surface area contributed by atoms with Gasteiger partial charge >= 0.3 is 6.09 Å². The third-order valence-corrected chi connectivity index (χ3v) is 7.32. The summed E-state index contributed by atoms with van der Waals surface area (Å²) in [7, 11) is 3.61. The van der Waals surface area contributed by atoms with Gasteiger partial charge in [0.25, 0.3) is 0 Å². The van der Waals surface area contributed by atoms with Gasteiger partial charge in [-0.15, -0.1) is 0 Å². The molecule has 0 aliphatic carbocycles. The van der Waals surface area contributed by atoms with Gasteiger partial charge in [0.15, 0.2) is 5.82 Å². The Morgan fingerprint density at radius 2 is 1.94 bits per heavy atom. The highest BCUT2D eigenvalue weighted by Gasteiger charge is 2.34. The van der Waals surface area contributed by atoms with Crippen molar-refractivity contribution >= 4 is 23.3 Å². The summed E-state index contributed by atoms with van der Waals surface area (Å²) < 4.78 is 12.9. The van der Waals surface area contributed by atoms with Gasteiger partial charge < -0.3 is 24.2 Å². The highest BCUT2D eigenvalue weighted by Crippen LogP contribution is 2.42. The van der Waals surface area contributed by atoms with Gasteiger partial charge in [-0.1, -0.05) is 19.9 Å². The molecule has 4 heterocycles. The average molecular weight is 454 g/mol. The Morgan fingerprint density at radius 1 is 1.15 bits per heavy atom. The van der Waals surface area contributed by atoms with Crippen molar-refractivity contribution in [1.29, 1.82) is 0 Å². The lowest BCUT2D eigenvalue weighted by Crippen LogP contribution is -2.39. The van der Waals surface area contributed by atoms with Crippen molar-refractivity contribution in [2.45, 2.75) is 51.6 Å². The van der Waals surface area contributed by atoms with Crippen molar-refractivity contribution in [1.82, 2.24) is 14.7 Å². The number of hydrogen-bond acceptors (Lipinski definition) is 6. The molecule has 0 spiro atoms. The maximum absolute atomic E-state index is 12.4. The first-order valence-electron chi connectivity index (χ1n) is 12.1. The summed E-state index contributed by atoms with van der Waals surface area (Å²) in [6.07, 6.45) is 2.48. The largest absolute Gasteiger partial charge is 0.453 e. The van der Waals surface area contributed by atoms with E-state index < -0.39 is 0 Å². The SMILES string of the molecule is COC(=O)N1CCc2c(c(N3CCN(C)c4cc(C(C)C)ccc43)nn2C2CCOCC2)C1. The Labute approximate surface area is 196 Å². The summed E-state index contributed by atoms with van der Waals surface area (Å²) >= 11 is 0. The number of benzene rings is 1. The molecule has 8 nitrogen and oxygen atoms in total. The van der Waals surface area contributed by atoms with Crippen LogP contribution >= 0.6 is 0 Å². The molecule has 0 bridgehead atoms. The summed E-state index contributed by atoms with van der Waals surface area (Å²) in [5.74, 6) is 1.46. The number of methoxy groups -OCH3 is 1. The molecule has 5 rings (SSSR count). The van der Waals surface area contributed by atoms with Crippen LogP contribution in [0.15, 0.2) is 18.2 Å². The van der Waals surface area contributed by atoms with Crippen LogP contribution in [0.4, 0.5) is 22.0 Å². The second kappa shape index (κ2) is 8.89. The molecule has 1 aromatic heterocycles. The number of carbonyl (C=O) groups excluding carboxylic acids is 1. The summed E-state index contributed by atoms with van der Waals surface area (Å²) in [6.45, 7) is 8.99. The second-order valence-electron chi connectivity index (χ2n) is 9.65. The summed E-state index contributed by atoms with van der Waals surface area (Å²) in [5, 5.41) is 5.23. The molecule has 2 aromatic rings. The number of nitrogens with zero attached hydrogens (tertiary/aromatic N) is 5. The number of likely N-dealkylation sites (N-methyl/N-ethyl adjacent to an activating group) is 1. The molecule has 33 heavy (non-hydrogen) atoms. The predicted octanol–water partition coefficient (Wildman–Crippen LogP) is 4.07. The van der Waals surface area contributed by atoms with E-state index in [1.165, 1.54) is 29.7 Å². The first kappa shape index (κ1) is 22.1. The van der Waals surface area contributed by atoms with E-state index in [1.54, 1.807) is 4.90 Å². The van der Waals surface area contributed by atoms with Crippen LogP contribution < -0.4 is 9.80 Å². The molecule has 0 atom stereocenters. The van der Waals surface area contributed by atoms with Crippen molar-refractivity contribution < 1.29 is 14.3 Å². The summed E-state index contributed by atoms with van der Waals surface area (Å²) in [6, 6.07) is 7.13. The molecule has 0 unspecified atom stereocenters. The number of carbonyl (C=O) groups is 1. The van der Waals surface area contributed by atoms with Crippen LogP contribution in [0.3, 0.4) is 0 Å². The fraction of sp³-hybridized carbons (Fsp3) is 0.600. The maximum Gasteiger partial charge on any atom is 0.409 e. The van der Waals surface area contributed by atoms with Crippen LogP contribution in [-0.2, 0) is 22.4 Å². The second-order valence-corrected chi connectivity index (χ2v) is 9.65. The molecule has 1 fully saturated rings. The first-order valence-corrected chi connectivity index (χ1v) is 12.1. The zero-order chi connectivity index (χ0) is 23.1. The number of fused-ring (bicyclic) bond motifs is 2. The lowest BCUT2D eigenvalue weighted by atomic mass is 10.00. The quantitative estimate of drug-likeness (QED) is 0.698. The van der Waals surface area contributed by atoms with Gasteiger partial charge in [0.1, 0.15) is 0 Å². The topological polar surface area (TPSA) is 63.1 Å². The van der Waals surface area contributed by atoms with Crippen molar-refractivity contribution in [2.24, 2.45) is 0 Å². The van der Waals surface area contributed by atoms with Gasteiger partial charge in [0, 0.05) is 57.6 Å². The van der Waals surface area contributed by atoms with Crippen LogP contribution in [0.25, 0.3) is 0 Å². The maximum atomic E-state index is 12.4. The van der Waals surface area contributed by atoms with Crippen LogP contribution in [-0.4, -0.2) is 67.8 Å². The highest BCUT2D eigenvalue weighted by molar-refractivity contribution is 5.80. The number of aromatic nitrogens is 2. The van der Waals surface area contributed by atoms with Gasteiger partial charge in [0.2, 0.25) is 0 Å². The Kier molecular flexibility index (Phi) is 5.95. The highest BCUT2D eigenvalue weighted by atomic mass is 16.5. The molecular weight excluding hydrogens is 418 g/mol. The molecule has 1 saturated heterocycles. The minimum absolute atomic E-state index is 0.272. The van der Waals surface area contributed by atoms with Crippen molar-refractivity contribution in [2.75, 3.05) is 56.8 Å². The van der Waals surface area contributed by atoms with Crippen molar-refractivity contribution in [3.05, 3.63) is 35.0 Å². The van der Waals surface area contributed by atoms with Crippen molar-refractivity contribution in [3.8, 4) is 0 Å². The van der Waals surface area contributed by atoms with Crippen LogP contribution in [0.1, 0.15) is 55.5 Å². The summed E-state index contributed by atoms with van der Waals surface area (Å²) in [4.78, 5) is 18.8. The molecule has 0 saturated carbocycles. The van der Waals surface area contributed by atoms with Gasteiger partial charge in [0.05, 0.1) is 31.1 Å². The van der Waals surface area contributed by atoms with Gasteiger partial charge in [-0.2, -0.15) is 5.10 Å². The standard InChI is InChI=1S/C25H35N5O3/c1-17(2)18-5-6-22-23(15-18)27(3)11-12-29(22)24-20-16-28(25(31)32-4)10-7-21(20)30(26-24)19-8-13-33-14-9-19/h5-6,15,17,19H,7-14,16H2,1-4H3. The fourth-order valence-electron chi connectivity index (χ4n) is 5.31. The van der Waals surface area contributed by atoms with Crippen LogP contribution in [0.5, 0.6) is 0 Å². The Hall–Kier alpha value is -2.74. The first-order chi connectivity index (χ1) is 16.0. The van der Waals surface area contributed by atoms with E-state index in [2.05, 4.69) is 53.6 Å². The number of anilines is 3. The van der Waals surface area contributed by atoms with Gasteiger partial charge in [-0.05, 0) is 36.5 Å². The van der Waals surface area contributed by atoms with Crippen molar-refractivity contribution in [3.63, 3.8) is 0 Å². The smallest absolute Gasteiger partial charge is 0.409 e. The molecule has 3 aliphatic heterocycles. The van der Waals surface area contributed by atoms with Gasteiger partial charge in [-0.25, -0.2) is 4.79 Å². The molecule has 1 amide bonds. The molecule has 1 aromatic carbocycles. The Balaban J connectivity index is 1.59.